The van der Waals surface area contributed by atoms with Gasteiger partial charge in [-0.2, -0.15) is 4.80 Å². The molecular weight excluding hydrogens is 484 g/mol. The molecule has 1 heterocycles. The van der Waals surface area contributed by atoms with Crippen molar-refractivity contribution in [3.63, 3.8) is 0 Å². The van der Waals surface area contributed by atoms with Gasteiger partial charge in [0.15, 0.2) is 0 Å². The number of hydrogen-bond acceptors (Lipinski definition) is 8. The van der Waals surface area contributed by atoms with E-state index in [2.05, 4.69) is 25.4 Å². The van der Waals surface area contributed by atoms with Crippen LogP contribution in [-0.4, -0.2) is 48.8 Å². The maximum atomic E-state index is 12.6. The average molecular weight is 509 g/mol. The van der Waals surface area contributed by atoms with Crippen LogP contribution in [0.15, 0.2) is 77.7 Å². The summed E-state index contributed by atoms with van der Waals surface area (Å²) in [6.07, 6.45) is 0. The van der Waals surface area contributed by atoms with Gasteiger partial charge < -0.3 is 14.8 Å². The Labute approximate surface area is 208 Å². The minimum atomic E-state index is -3.73. The Kier molecular flexibility index (Phi) is 7.56. The third kappa shape index (κ3) is 6.23. The van der Waals surface area contributed by atoms with E-state index in [9.17, 15) is 13.2 Å². The Balaban J connectivity index is 1.32. The largest absolute Gasteiger partial charge is 0.497 e. The lowest BCUT2D eigenvalue weighted by atomic mass is 10.2. The zero-order valence-electron chi connectivity index (χ0n) is 19.6. The van der Waals surface area contributed by atoms with Crippen molar-refractivity contribution >= 4 is 21.6 Å². The quantitative estimate of drug-likeness (QED) is 0.333. The smallest absolute Gasteiger partial charge is 0.248 e. The minimum absolute atomic E-state index is 0.0797. The molecule has 1 aromatic heterocycles. The molecule has 0 spiro atoms. The molecule has 4 aromatic rings. The molecule has 0 bridgehead atoms. The van der Waals surface area contributed by atoms with Crippen LogP contribution in [0.1, 0.15) is 5.56 Å². The van der Waals surface area contributed by atoms with Gasteiger partial charge in [0.05, 0.1) is 19.1 Å². The number of carbonyl (C=O) groups excluding carboxylic acids is 1. The molecule has 0 atom stereocenters. The summed E-state index contributed by atoms with van der Waals surface area (Å²) in [4.78, 5) is 13.7. The zero-order chi connectivity index (χ0) is 25.5. The van der Waals surface area contributed by atoms with E-state index in [0.717, 1.165) is 11.1 Å². The van der Waals surface area contributed by atoms with Gasteiger partial charge in [-0.05, 0) is 71.4 Å². The summed E-state index contributed by atoms with van der Waals surface area (Å²) in [7, 11) is -0.587. The highest BCUT2D eigenvalue weighted by atomic mass is 32.2. The Morgan fingerprint density at radius 3 is 2.11 bits per heavy atom. The predicted molar refractivity (Wildman–Crippen MR) is 132 cm³/mol. The number of carbonyl (C=O) groups is 1. The molecule has 186 valence electrons. The van der Waals surface area contributed by atoms with Gasteiger partial charge in [-0.25, -0.2) is 13.1 Å². The molecule has 2 N–H and O–H groups in total. The standard InChI is InChI=1S/C24H24N6O5S/c1-34-20-9-3-17(4-10-20)15-25-36(32,33)22-13-7-19(8-14-22)26-23(31)16-30-28-24(27-29-30)18-5-11-21(35-2)12-6-18/h3-14,25H,15-16H2,1-2H3,(H,26,31). The number of nitrogens with one attached hydrogen (secondary N) is 2. The number of tetrazole rings is 1. The van der Waals surface area contributed by atoms with E-state index in [-0.39, 0.29) is 23.9 Å². The van der Waals surface area contributed by atoms with E-state index in [1.54, 1.807) is 62.8 Å². The van der Waals surface area contributed by atoms with Gasteiger partial charge in [0.25, 0.3) is 0 Å². The molecule has 0 radical (unpaired) electrons. The SMILES string of the molecule is COc1ccc(CNS(=O)(=O)c2ccc(NC(=O)Cn3nnc(-c4ccc(OC)cc4)n3)cc2)cc1. The van der Waals surface area contributed by atoms with Crippen LogP contribution in [0.5, 0.6) is 11.5 Å². The molecule has 0 aliphatic heterocycles. The molecule has 36 heavy (non-hydrogen) atoms. The molecule has 11 nitrogen and oxygen atoms in total. The van der Waals surface area contributed by atoms with Crippen LogP contribution in [-0.2, 0) is 27.9 Å². The van der Waals surface area contributed by atoms with Crippen molar-refractivity contribution in [2.45, 2.75) is 18.0 Å². The van der Waals surface area contributed by atoms with Crippen molar-refractivity contribution in [1.29, 1.82) is 0 Å². The summed E-state index contributed by atoms with van der Waals surface area (Å²) >= 11 is 0. The second kappa shape index (κ2) is 11.0. The molecule has 0 saturated heterocycles. The van der Waals surface area contributed by atoms with Crippen LogP contribution >= 0.6 is 0 Å². The number of aromatic nitrogens is 4. The topological polar surface area (TPSA) is 137 Å². The van der Waals surface area contributed by atoms with Crippen LogP contribution in [0.2, 0.25) is 0 Å². The molecule has 0 aliphatic rings. The van der Waals surface area contributed by atoms with E-state index in [1.165, 1.54) is 29.1 Å². The fraction of sp³-hybridized carbons (Fsp3) is 0.167. The number of hydrogen-bond donors (Lipinski definition) is 2. The average Bonchev–Trinajstić information content (AvgIpc) is 3.36. The number of rotatable bonds is 10. The highest BCUT2D eigenvalue weighted by Crippen LogP contribution is 2.19. The Morgan fingerprint density at radius 2 is 1.50 bits per heavy atom. The van der Waals surface area contributed by atoms with Gasteiger partial charge in [0, 0.05) is 17.8 Å². The molecule has 0 aliphatic carbocycles. The molecule has 12 heteroatoms. The number of methoxy groups -OCH3 is 2. The first-order chi connectivity index (χ1) is 17.4. The summed E-state index contributed by atoms with van der Waals surface area (Å²) in [5, 5.41) is 14.8. The maximum Gasteiger partial charge on any atom is 0.248 e. The van der Waals surface area contributed by atoms with Gasteiger partial charge in [0.2, 0.25) is 21.8 Å². The monoisotopic (exact) mass is 508 g/mol. The highest BCUT2D eigenvalue weighted by Gasteiger charge is 2.15. The molecule has 3 aromatic carbocycles. The van der Waals surface area contributed by atoms with Crippen LogP contribution in [0.3, 0.4) is 0 Å². The second-order valence-corrected chi connectivity index (χ2v) is 9.38. The molecule has 0 unspecified atom stereocenters. The van der Waals surface area contributed by atoms with Gasteiger partial charge >= 0.3 is 0 Å². The second-order valence-electron chi connectivity index (χ2n) is 7.62. The first-order valence-electron chi connectivity index (χ1n) is 10.8. The number of ether oxygens (including phenoxy) is 2. The fourth-order valence-electron chi connectivity index (χ4n) is 3.22. The van der Waals surface area contributed by atoms with E-state index in [4.69, 9.17) is 9.47 Å². The Hall–Kier alpha value is -4.29. The van der Waals surface area contributed by atoms with Crippen molar-refractivity contribution < 1.29 is 22.7 Å². The number of amides is 1. The van der Waals surface area contributed by atoms with Crippen LogP contribution in [0.4, 0.5) is 5.69 Å². The van der Waals surface area contributed by atoms with E-state index in [1.807, 2.05) is 0 Å². The van der Waals surface area contributed by atoms with E-state index in [0.29, 0.717) is 23.0 Å². The van der Waals surface area contributed by atoms with Gasteiger partial charge in [-0.15, -0.1) is 10.2 Å². The number of sulfonamides is 1. The van der Waals surface area contributed by atoms with Crippen molar-refractivity contribution in [2.75, 3.05) is 19.5 Å². The summed E-state index contributed by atoms with van der Waals surface area (Å²) in [6.45, 7) is -0.0269. The molecule has 0 saturated carbocycles. The van der Waals surface area contributed by atoms with Gasteiger partial charge in [-0.3, -0.25) is 4.79 Å². The predicted octanol–water partition coefficient (Wildman–Crippen LogP) is 2.47. The van der Waals surface area contributed by atoms with Gasteiger partial charge in [0.1, 0.15) is 18.0 Å². The van der Waals surface area contributed by atoms with Crippen molar-refractivity contribution in [3.8, 4) is 22.9 Å². The first-order valence-corrected chi connectivity index (χ1v) is 12.3. The Bertz CT molecular complexity index is 1420. The summed E-state index contributed by atoms with van der Waals surface area (Å²) < 4.78 is 38.0. The summed E-state index contributed by atoms with van der Waals surface area (Å²) in [5.74, 6) is 1.39. The van der Waals surface area contributed by atoms with Crippen LogP contribution in [0.25, 0.3) is 11.4 Å². The van der Waals surface area contributed by atoms with Crippen LogP contribution < -0.4 is 19.5 Å². The molecule has 1 amide bonds. The van der Waals surface area contributed by atoms with Crippen LogP contribution in [0, 0.1) is 0 Å². The third-order valence-electron chi connectivity index (χ3n) is 5.16. The Morgan fingerprint density at radius 1 is 0.889 bits per heavy atom. The van der Waals surface area contributed by atoms with Crippen molar-refractivity contribution in [3.05, 3.63) is 78.4 Å². The lowest BCUT2D eigenvalue weighted by Gasteiger charge is -2.09. The summed E-state index contributed by atoms with van der Waals surface area (Å²) in [6, 6.07) is 20.1. The molecular formula is C24H24N6O5S. The van der Waals surface area contributed by atoms with E-state index < -0.39 is 10.0 Å². The molecule has 0 fully saturated rings. The maximum absolute atomic E-state index is 12.6. The van der Waals surface area contributed by atoms with Crippen molar-refractivity contribution in [1.82, 2.24) is 24.9 Å². The summed E-state index contributed by atoms with van der Waals surface area (Å²) in [5.41, 5.74) is 1.96. The zero-order valence-corrected chi connectivity index (χ0v) is 20.4. The lowest BCUT2D eigenvalue weighted by Crippen LogP contribution is -2.23. The third-order valence-corrected chi connectivity index (χ3v) is 6.58. The first kappa shape index (κ1) is 24.8. The normalized spacial score (nSPS) is 11.2. The minimum Gasteiger partial charge on any atom is -0.497 e. The number of nitrogens with zero attached hydrogens (tertiary/aromatic N) is 4. The molecule has 4 rings (SSSR count). The van der Waals surface area contributed by atoms with Crippen molar-refractivity contribution in [2.24, 2.45) is 0 Å². The fourth-order valence-corrected chi connectivity index (χ4v) is 4.24. The number of anilines is 1. The lowest BCUT2D eigenvalue weighted by molar-refractivity contribution is -0.117. The van der Waals surface area contributed by atoms with Gasteiger partial charge in [-0.1, -0.05) is 12.1 Å². The number of benzene rings is 3. The highest BCUT2D eigenvalue weighted by molar-refractivity contribution is 7.89. The van der Waals surface area contributed by atoms with E-state index >= 15 is 0 Å².